The van der Waals surface area contributed by atoms with Crippen molar-refractivity contribution in [1.82, 2.24) is 9.88 Å². The average molecular weight is 430 g/mol. The predicted molar refractivity (Wildman–Crippen MR) is 112 cm³/mol. The van der Waals surface area contributed by atoms with E-state index in [4.69, 9.17) is 17.3 Å². The maximum atomic E-state index is 14.7. The fraction of sp³-hybridized carbons (Fsp3) is 0.333. The molecule has 0 spiro atoms. The summed E-state index contributed by atoms with van der Waals surface area (Å²) in [5.41, 5.74) is 5.61. The van der Waals surface area contributed by atoms with E-state index in [1.54, 1.807) is 13.0 Å². The number of hydrogen-bond acceptors (Lipinski definition) is 5. The lowest BCUT2D eigenvalue weighted by molar-refractivity contribution is -0.129. The molecule has 1 aromatic heterocycles. The van der Waals surface area contributed by atoms with Crippen LogP contribution in [0.25, 0.3) is 0 Å². The molecule has 1 saturated carbocycles. The largest absolute Gasteiger partial charge is 0.369 e. The number of nitrogens with one attached hydrogen (secondary N) is 1. The van der Waals surface area contributed by atoms with E-state index in [9.17, 15) is 14.0 Å². The van der Waals surface area contributed by atoms with Gasteiger partial charge in [-0.05, 0) is 56.0 Å². The van der Waals surface area contributed by atoms with E-state index in [0.29, 0.717) is 23.2 Å². The van der Waals surface area contributed by atoms with Gasteiger partial charge in [0.1, 0.15) is 11.5 Å². The maximum Gasteiger partial charge on any atom is 0.274 e. The SMILES string of the molecule is C[C@@]1(c2cc(NC(=O)c3ccc(Cl)cn3)ccc2F)CC(=O)N(CC2CC2)C(N)=N1. The van der Waals surface area contributed by atoms with Gasteiger partial charge in [-0.2, -0.15) is 0 Å². The second kappa shape index (κ2) is 7.68. The molecule has 4 rings (SSSR count). The Hall–Kier alpha value is -3.00. The molecular weight excluding hydrogens is 409 g/mol. The molecule has 1 aromatic carbocycles. The Balaban J connectivity index is 1.59. The van der Waals surface area contributed by atoms with Crippen LogP contribution in [-0.2, 0) is 10.3 Å². The first-order valence-corrected chi connectivity index (χ1v) is 10.0. The number of rotatable bonds is 5. The van der Waals surface area contributed by atoms with Crippen molar-refractivity contribution in [2.45, 2.75) is 31.7 Å². The fourth-order valence-corrected chi connectivity index (χ4v) is 3.61. The van der Waals surface area contributed by atoms with Crippen molar-refractivity contribution in [3.8, 4) is 0 Å². The van der Waals surface area contributed by atoms with E-state index in [1.165, 1.54) is 35.4 Å². The van der Waals surface area contributed by atoms with Gasteiger partial charge in [-0.25, -0.2) is 14.4 Å². The number of guanidine groups is 1. The number of anilines is 1. The molecule has 0 saturated heterocycles. The van der Waals surface area contributed by atoms with Gasteiger partial charge in [0.25, 0.3) is 5.91 Å². The van der Waals surface area contributed by atoms with Gasteiger partial charge in [-0.15, -0.1) is 0 Å². The normalized spacial score (nSPS) is 21.4. The van der Waals surface area contributed by atoms with Crippen LogP contribution in [0.15, 0.2) is 41.5 Å². The molecule has 2 heterocycles. The third-order valence-electron chi connectivity index (χ3n) is 5.34. The molecule has 0 bridgehead atoms. The van der Waals surface area contributed by atoms with Gasteiger partial charge in [-0.1, -0.05) is 11.6 Å². The van der Waals surface area contributed by atoms with Gasteiger partial charge in [0.15, 0.2) is 5.96 Å². The second-order valence-electron chi connectivity index (χ2n) is 7.88. The van der Waals surface area contributed by atoms with E-state index < -0.39 is 17.3 Å². The third-order valence-corrected chi connectivity index (χ3v) is 5.56. The van der Waals surface area contributed by atoms with Gasteiger partial charge in [-0.3, -0.25) is 14.5 Å². The van der Waals surface area contributed by atoms with Gasteiger partial charge in [0.2, 0.25) is 5.91 Å². The predicted octanol–water partition coefficient (Wildman–Crippen LogP) is 3.30. The van der Waals surface area contributed by atoms with E-state index >= 15 is 0 Å². The lowest BCUT2D eigenvalue weighted by Gasteiger charge is -2.35. The molecule has 9 heteroatoms. The van der Waals surface area contributed by atoms with Gasteiger partial charge in [0.05, 0.1) is 17.0 Å². The summed E-state index contributed by atoms with van der Waals surface area (Å²) in [4.78, 5) is 35.0. The summed E-state index contributed by atoms with van der Waals surface area (Å²) in [5, 5.41) is 3.09. The smallest absolute Gasteiger partial charge is 0.274 e. The topological polar surface area (TPSA) is 101 Å². The fourth-order valence-electron chi connectivity index (χ4n) is 3.50. The third kappa shape index (κ3) is 4.14. The summed E-state index contributed by atoms with van der Waals surface area (Å²) < 4.78 is 14.7. The van der Waals surface area contributed by atoms with Crippen molar-refractivity contribution in [2.24, 2.45) is 16.6 Å². The van der Waals surface area contributed by atoms with Crippen LogP contribution in [0.1, 0.15) is 42.2 Å². The Morgan fingerprint density at radius 3 is 2.77 bits per heavy atom. The summed E-state index contributed by atoms with van der Waals surface area (Å²) in [6.07, 6.45) is 3.51. The Bertz CT molecular complexity index is 1040. The highest BCUT2D eigenvalue weighted by atomic mass is 35.5. The summed E-state index contributed by atoms with van der Waals surface area (Å²) in [5.74, 6) is -0.618. The minimum Gasteiger partial charge on any atom is -0.369 e. The number of carbonyl (C=O) groups excluding carboxylic acids is 2. The molecule has 156 valence electrons. The van der Waals surface area contributed by atoms with Gasteiger partial charge >= 0.3 is 0 Å². The quantitative estimate of drug-likeness (QED) is 0.761. The number of hydrogen-bond donors (Lipinski definition) is 2. The molecule has 0 unspecified atom stereocenters. The Kier molecular flexibility index (Phi) is 5.19. The van der Waals surface area contributed by atoms with Crippen molar-refractivity contribution in [1.29, 1.82) is 0 Å². The average Bonchev–Trinajstić information content (AvgIpc) is 3.51. The summed E-state index contributed by atoms with van der Waals surface area (Å²) >= 11 is 5.79. The molecule has 2 aromatic rings. The molecule has 1 atom stereocenters. The number of aliphatic imine (C=N–C) groups is 1. The minimum atomic E-state index is -1.16. The number of pyridine rings is 1. The molecule has 0 radical (unpaired) electrons. The standard InChI is InChI=1S/C21H21ClFN5O2/c1-21(9-18(29)28(20(24)27-21)11-12-2-3-12)15-8-14(5-6-16(15)23)26-19(30)17-7-4-13(22)10-25-17/h4-8,10,12H,2-3,9,11H2,1H3,(H2,24,27)(H,26,30)/t21-/m0/s1. The zero-order valence-electron chi connectivity index (χ0n) is 16.4. The number of nitrogens with two attached hydrogens (primary N) is 1. The first-order valence-electron chi connectivity index (χ1n) is 9.64. The second-order valence-corrected chi connectivity index (χ2v) is 8.32. The van der Waals surface area contributed by atoms with E-state index in [0.717, 1.165) is 12.8 Å². The van der Waals surface area contributed by atoms with Crippen molar-refractivity contribution in [3.63, 3.8) is 0 Å². The minimum absolute atomic E-state index is 0.00647. The van der Waals surface area contributed by atoms with Crippen LogP contribution in [0, 0.1) is 11.7 Å². The summed E-state index contributed by atoms with van der Waals surface area (Å²) in [6.45, 7) is 2.22. The number of aromatic nitrogens is 1. The number of halogens is 2. The molecule has 2 aliphatic rings. The summed E-state index contributed by atoms with van der Waals surface area (Å²) in [6, 6.07) is 7.19. The molecule has 30 heavy (non-hydrogen) atoms. The van der Waals surface area contributed by atoms with Crippen molar-refractivity contribution < 1.29 is 14.0 Å². The maximum absolute atomic E-state index is 14.7. The van der Waals surface area contributed by atoms with E-state index in [-0.39, 0.29) is 29.5 Å². The number of amides is 2. The highest BCUT2D eigenvalue weighted by Gasteiger charge is 2.40. The molecule has 1 aliphatic heterocycles. The molecule has 1 fully saturated rings. The molecule has 1 aliphatic carbocycles. The zero-order valence-corrected chi connectivity index (χ0v) is 17.1. The van der Waals surface area contributed by atoms with Gasteiger partial charge in [0, 0.05) is 24.0 Å². The van der Waals surface area contributed by atoms with Crippen molar-refractivity contribution >= 4 is 35.1 Å². The van der Waals surface area contributed by atoms with Crippen LogP contribution < -0.4 is 11.1 Å². The first-order chi connectivity index (χ1) is 14.2. The number of carbonyl (C=O) groups is 2. The molecular formula is C21H21ClFN5O2. The van der Waals surface area contributed by atoms with E-state index in [1.807, 2.05) is 0 Å². The highest BCUT2D eigenvalue weighted by Crippen LogP contribution is 2.37. The lowest BCUT2D eigenvalue weighted by Crippen LogP contribution is -2.50. The van der Waals surface area contributed by atoms with Crippen LogP contribution in [0.5, 0.6) is 0 Å². The van der Waals surface area contributed by atoms with E-state index in [2.05, 4.69) is 15.3 Å². The number of nitrogens with zero attached hydrogens (tertiary/aromatic N) is 3. The van der Waals surface area contributed by atoms with Crippen LogP contribution in [0.2, 0.25) is 5.02 Å². The van der Waals surface area contributed by atoms with Crippen molar-refractivity contribution in [2.75, 3.05) is 11.9 Å². The summed E-state index contributed by atoms with van der Waals surface area (Å²) in [7, 11) is 0. The zero-order chi connectivity index (χ0) is 21.5. The Labute approximate surface area is 178 Å². The Morgan fingerprint density at radius 2 is 2.13 bits per heavy atom. The molecule has 7 nitrogen and oxygen atoms in total. The van der Waals surface area contributed by atoms with Gasteiger partial charge < -0.3 is 11.1 Å². The highest BCUT2D eigenvalue weighted by molar-refractivity contribution is 6.30. The Morgan fingerprint density at radius 1 is 1.37 bits per heavy atom. The number of benzene rings is 1. The van der Waals surface area contributed by atoms with Crippen LogP contribution in [-0.4, -0.2) is 34.2 Å². The van der Waals surface area contributed by atoms with Crippen LogP contribution >= 0.6 is 11.6 Å². The van der Waals surface area contributed by atoms with Crippen molar-refractivity contribution in [3.05, 3.63) is 58.6 Å². The molecule has 3 N–H and O–H groups in total. The lowest BCUT2D eigenvalue weighted by atomic mass is 9.86. The monoisotopic (exact) mass is 429 g/mol. The first kappa shape index (κ1) is 20.3. The van der Waals surface area contributed by atoms with Crippen LogP contribution in [0.4, 0.5) is 10.1 Å². The molecule has 2 amide bonds. The van der Waals surface area contributed by atoms with Crippen LogP contribution in [0.3, 0.4) is 0 Å².